The van der Waals surface area contributed by atoms with Gasteiger partial charge in [-0.25, -0.2) is 4.98 Å². The van der Waals surface area contributed by atoms with Crippen LogP contribution in [-0.2, 0) is 13.1 Å². The second kappa shape index (κ2) is 13.4. The van der Waals surface area contributed by atoms with Gasteiger partial charge in [-0.2, -0.15) is 0 Å². The Hall–Kier alpha value is -2.95. The highest BCUT2D eigenvalue weighted by Gasteiger charge is 2.28. The summed E-state index contributed by atoms with van der Waals surface area (Å²) >= 11 is 18.7. The molecule has 1 N–H and O–H groups in total. The number of piperazine rings is 1. The van der Waals surface area contributed by atoms with E-state index in [-0.39, 0.29) is 23.1 Å². The third-order valence-corrected chi connectivity index (χ3v) is 8.41. The second-order valence-corrected chi connectivity index (χ2v) is 11.7. The molecule has 2 aliphatic heterocycles. The van der Waals surface area contributed by atoms with Crippen molar-refractivity contribution in [1.82, 2.24) is 20.1 Å². The van der Waals surface area contributed by atoms with Gasteiger partial charge in [0.2, 0.25) is 0 Å². The fraction of sp³-hybridized carbons (Fsp3) is 0.379. The highest BCUT2D eigenvalue weighted by Crippen LogP contribution is 2.27. The van der Waals surface area contributed by atoms with Crippen molar-refractivity contribution in [3.05, 3.63) is 96.6 Å². The SMILES string of the molecule is O=C(NCc1cc(Cl)cc(Cl)c1)c1cnc(N2CCN(C3CCN(Cc4ccc([N+](=O)[O-])cc4)CC3)CC2)c(Cl)c1. The van der Waals surface area contributed by atoms with Crippen LogP contribution in [-0.4, -0.2) is 70.9 Å². The first-order valence-electron chi connectivity index (χ1n) is 13.6. The Morgan fingerprint density at radius 3 is 2.20 bits per heavy atom. The molecule has 0 atom stereocenters. The van der Waals surface area contributed by atoms with Crippen LogP contribution in [0.3, 0.4) is 0 Å². The minimum atomic E-state index is -0.366. The first-order chi connectivity index (χ1) is 19.7. The van der Waals surface area contributed by atoms with Crippen molar-refractivity contribution in [2.45, 2.75) is 32.0 Å². The Bertz CT molecular complexity index is 1370. The summed E-state index contributed by atoms with van der Waals surface area (Å²) in [6.07, 6.45) is 3.75. The standard InChI is InChI=1S/C29H31Cl3N6O3/c30-23-13-21(14-24(31)16-23)17-34-29(39)22-15-27(32)28(33-18-22)37-11-9-36(10-12-37)25-5-7-35(8-6-25)19-20-1-3-26(4-2-20)38(40)41/h1-4,13-16,18,25H,5-12,17,19H2,(H,34,39). The third-order valence-electron chi connectivity index (χ3n) is 7.70. The maximum Gasteiger partial charge on any atom is 0.269 e. The molecule has 216 valence electrons. The summed E-state index contributed by atoms with van der Waals surface area (Å²) < 4.78 is 0. The summed E-state index contributed by atoms with van der Waals surface area (Å²) in [5.74, 6) is 0.425. The summed E-state index contributed by atoms with van der Waals surface area (Å²) in [4.78, 5) is 34.9. The largest absolute Gasteiger partial charge is 0.353 e. The lowest BCUT2D eigenvalue weighted by Crippen LogP contribution is -2.53. The van der Waals surface area contributed by atoms with Gasteiger partial charge in [0.15, 0.2) is 0 Å². The number of carbonyl (C=O) groups is 1. The zero-order valence-electron chi connectivity index (χ0n) is 22.4. The maximum absolute atomic E-state index is 12.7. The van der Waals surface area contributed by atoms with E-state index in [9.17, 15) is 14.9 Å². The number of carbonyl (C=O) groups excluding carboxylic acids is 1. The smallest absolute Gasteiger partial charge is 0.269 e. The Morgan fingerprint density at radius 2 is 1.59 bits per heavy atom. The molecule has 0 saturated carbocycles. The number of non-ortho nitro benzene ring substituents is 1. The van der Waals surface area contributed by atoms with Gasteiger partial charge in [0, 0.05) is 73.7 Å². The molecule has 0 radical (unpaired) electrons. The van der Waals surface area contributed by atoms with Gasteiger partial charge in [-0.05, 0) is 61.3 Å². The Morgan fingerprint density at radius 1 is 0.927 bits per heavy atom. The summed E-state index contributed by atoms with van der Waals surface area (Å²) in [6, 6.07) is 14.2. The van der Waals surface area contributed by atoms with Gasteiger partial charge in [0.25, 0.3) is 11.6 Å². The predicted octanol–water partition coefficient (Wildman–Crippen LogP) is 5.67. The van der Waals surface area contributed by atoms with Crippen LogP contribution in [0.1, 0.15) is 34.3 Å². The highest BCUT2D eigenvalue weighted by atomic mass is 35.5. The summed E-state index contributed by atoms with van der Waals surface area (Å²) in [5, 5.41) is 15.2. The molecule has 0 bridgehead atoms. The van der Waals surface area contributed by atoms with E-state index < -0.39 is 0 Å². The predicted molar refractivity (Wildman–Crippen MR) is 162 cm³/mol. The molecule has 0 aliphatic carbocycles. The lowest BCUT2D eigenvalue weighted by Gasteiger charge is -2.43. The molecule has 9 nitrogen and oxygen atoms in total. The van der Waals surface area contributed by atoms with Crippen molar-refractivity contribution in [2.24, 2.45) is 0 Å². The molecule has 41 heavy (non-hydrogen) atoms. The quantitative estimate of drug-likeness (QED) is 0.257. The lowest BCUT2D eigenvalue weighted by atomic mass is 10.0. The van der Waals surface area contributed by atoms with Gasteiger partial charge in [-0.1, -0.05) is 46.9 Å². The van der Waals surface area contributed by atoms with Crippen LogP contribution < -0.4 is 10.2 Å². The molecule has 2 aliphatic rings. The highest BCUT2D eigenvalue weighted by molar-refractivity contribution is 6.34. The number of aromatic nitrogens is 1. The van der Waals surface area contributed by atoms with E-state index in [2.05, 4.69) is 25.0 Å². The van der Waals surface area contributed by atoms with Crippen LogP contribution in [0.2, 0.25) is 15.1 Å². The van der Waals surface area contributed by atoms with Gasteiger partial charge in [-0.3, -0.25) is 24.7 Å². The Kier molecular flexibility index (Phi) is 9.62. The zero-order chi connectivity index (χ0) is 28.9. The maximum atomic E-state index is 12.7. The number of nitro groups is 1. The molecular weight excluding hydrogens is 587 g/mol. The van der Waals surface area contributed by atoms with E-state index in [1.165, 1.54) is 0 Å². The monoisotopic (exact) mass is 616 g/mol. The molecule has 3 aromatic rings. The normalized spacial score (nSPS) is 17.0. The van der Waals surface area contributed by atoms with Crippen molar-refractivity contribution >= 4 is 52.2 Å². The number of nitrogens with zero attached hydrogens (tertiary/aromatic N) is 5. The fourth-order valence-corrected chi connectivity index (χ4v) is 6.36. The van der Waals surface area contributed by atoms with Crippen molar-refractivity contribution < 1.29 is 9.72 Å². The number of hydrogen-bond acceptors (Lipinski definition) is 7. The Labute approximate surface area is 254 Å². The number of nitrogens with one attached hydrogen (secondary N) is 1. The molecule has 1 amide bonds. The minimum Gasteiger partial charge on any atom is -0.353 e. The van der Waals surface area contributed by atoms with Crippen LogP contribution in [0.15, 0.2) is 54.7 Å². The van der Waals surface area contributed by atoms with Gasteiger partial charge in [0.05, 0.1) is 15.5 Å². The van der Waals surface area contributed by atoms with Gasteiger partial charge >= 0.3 is 0 Å². The first-order valence-corrected chi connectivity index (χ1v) is 14.7. The number of nitro benzene ring substituents is 1. The fourth-order valence-electron chi connectivity index (χ4n) is 5.51. The van der Waals surface area contributed by atoms with Crippen molar-refractivity contribution in [2.75, 3.05) is 44.2 Å². The van der Waals surface area contributed by atoms with E-state index in [4.69, 9.17) is 34.8 Å². The zero-order valence-corrected chi connectivity index (χ0v) is 24.7. The number of pyridine rings is 1. The van der Waals surface area contributed by atoms with Gasteiger partial charge in [-0.15, -0.1) is 0 Å². The summed E-state index contributed by atoms with van der Waals surface area (Å²) in [6.45, 7) is 6.59. The number of hydrogen-bond donors (Lipinski definition) is 1. The topological polar surface area (TPSA) is 94.9 Å². The number of anilines is 1. The molecule has 5 rings (SSSR count). The molecule has 1 aromatic heterocycles. The molecule has 0 spiro atoms. The number of amides is 1. The lowest BCUT2D eigenvalue weighted by molar-refractivity contribution is -0.384. The summed E-state index contributed by atoms with van der Waals surface area (Å²) in [5.41, 5.74) is 2.42. The Balaban J connectivity index is 1.08. The molecule has 2 aromatic carbocycles. The van der Waals surface area contributed by atoms with Crippen molar-refractivity contribution in [1.29, 1.82) is 0 Å². The van der Waals surface area contributed by atoms with Crippen LogP contribution in [0.25, 0.3) is 0 Å². The molecule has 12 heteroatoms. The molecule has 2 fully saturated rings. The van der Waals surface area contributed by atoms with Gasteiger partial charge in [0.1, 0.15) is 5.82 Å². The number of likely N-dealkylation sites (tertiary alicyclic amines) is 1. The van der Waals surface area contributed by atoms with E-state index in [1.54, 1.807) is 42.6 Å². The van der Waals surface area contributed by atoms with Gasteiger partial charge < -0.3 is 10.2 Å². The molecular formula is C29H31Cl3N6O3. The van der Waals surface area contributed by atoms with Crippen LogP contribution >= 0.6 is 34.8 Å². The van der Waals surface area contributed by atoms with Crippen molar-refractivity contribution in [3.63, 3.8) is 0 Å². The third kappa shape index (κ3) is 7.67. The van der Waals surface area contributed by atoms with Crippen LogP contribution in [0.5, 0.6) is 0 Å². The minimum absolute atomic E-state index is 0.126. The second-order valence-electron chi connectivity index (χ2n) is 10.4. The number of rotatable bonds is 8. The van der Waals surface area contributed by atoms with Crippen LogP contribution in [0.4, 0.5) is 11.5 Å². The van der Waals surface area contributed by atoms with Crippen LogP contribution in [0, 0.1) is 10.1 Å². The van der Waals surface area contributed by atoms with E-state index in [1.807, 2.05) is 12.1 Å². The first kappa shape index (κ1) is 29.5. The molecule has 0 unspecified atom stereocenters. The van der Waals surface area contributed by atoms with Crippen molar-refractivity contribution in [3.8, 4) is 0 Å². The number of piperidine rings is 1. The van der Waals surface area contributed by atoms with E-state index >= 15 is 0 Å². The molecule has 3 heterocycles. The number of benzene rings is 2. The van der Waals surface area contributed by atoms with E-state index in [0.29, 0.717) is 32.5 Å². The molecule has 2 saturated heterocycles. The summed E-state index contributed by atoms with van der Waals surface area (Å²) in [7, 11) is 0. The average Bonchev–Trinajstić information content (AvgIpc) is 2.96. The average molecular weight is 618 g/mol. The van der Waals surface area contributed by atoms with E-state index in [0.717, 1.165) is 69.8 Å². The number of halogens is 3.